The van der Waals surface area contributed by atoms with E-state index in [9.17, 15) is 4.79 Å². The highest BCUT2D eigenvalue weighted by Gasteiger charge is 2.53. The zero-order chi connectivity index (χ0) is 20.4. The second kappa shape index (κ2) is 7.25. The van der Waals surface area contributed by atoms with E-state index in [1.165, 1.54) is 43.9 Å². The molecule has 1 aromatic carbocycles. The van der Waals surface area contributed by atoms with E-state index in [0.29, 0.717) is 37.9 Å². The zero-order valence-corrected chi connectivity index (χ0v) is 18.8. The van der Waals surface area contributed by atoms with Gasteiger partial charge in [0.1, 0.15) is 15.8 Å². The van der Waals surface area contributed by atoms with Crippen LogP contribution in [0, 0.1) is 23.7 Å². The number of benzene rings is 1. The molecular weight excluding hydrogens is 434 g/mol. The number of carbonyl (C=O) groups is 1. The van der Waals surface area contributed by atoms with Crippen molar-refractivity contribution < 1.29 is 9.21 Å². The van der Waals surface area contributed by atoms with E-state index in [2.05, 4.69) is 0 Å². The minimum Gasteiger partial charge on any atom is -0.457 e. The van der Waals surface area contributed by atoms with Crippen molar-refractivity contribution in [1.82, 2.24) is 4.90 Å². The Labute approximate surface area is 190 Å². The topological polar surface area (TPSA) is 33.5 Å². The summed E-state index contributed by atoms with van der Waals surface area (Å²) in [6.45, 7) is 0. The average Bonchev–Trinajstić information content (AvgIpc) is 3.28. The number of rotatable bonds is 3. The summed E-state index contributed by atoms with van der Waals surface area (Å²) >= 11 is 13.1. The van der Waals surface area contributed by atoms with Crippen LogP contribution < -0.4 is 0 Å². The number of halogens is 1. The van der Waals surface area contributed by atoms with E-state index < -0.39 is 0 Å². The Morgan fingerprint density at radius 3 is 2.33 bits per heavy atom. The molecule has 4 saturated carbocycles. The smallest absolute Gasteiger partial charge is 0.266 e. The molecule has 0 unspecified atom stereocenters. The first kappa shape index (κ1) is 19.1. The van der Waals surface area contributed by atoms with Crippen LogP contribution in [0.5, 0.6) is 0 Å². The maximum atomic E-state index is 13.4. The minimum absolute atomic E-state index is 0.0620. The van der Waals surface area contributed by atoms with Crippen LogP contribution in [0.4, 0.5) is 0 Å². The molecule has 2 heterocycles. The predicted octanol–water partition coefficient (Wildman–Crippen LogP) is 6.63. The molecule has 0 radical (unpaired) electrons. The molecule has 154 valence electrons. The third kappa shape index (κ3) is 3.17. The van der Waals surface area contributed by atoms with Crippen LogP contribution in [0.2, 0.25) is 5.02 Å². The van der Waals surface area contributed by atoms with E-state index in [1.54, 1.807) is 0 Å². The highest BCUT2D eigenvalue weighted by atomic mass is 35.5. The quantitative estimate of drug-likeness (QED) is 0.384. The lowest BCUT2D eigenvalue weighted by Gasteiger charge is -2.56. The van der Waals surface area contributed by atoms with Crippen LogP contribution in [0.1, 0.15) is 37.9 Å². The fourth-order valence-corrected chi connectivity index (χ4v) is 7.84. The maximum Gasteiger partial charge on any atom is 0.266 e. The Balaban J connectivity index is 1.25. The maximum absolute atomic E-state index is 13.4. The van der Waals surface area contributed by atoms with E-state index in [4.69, 9.17) is 28.2 Å². The van der Waals surface area contributed by atoms with Gasteiger partial charge in [0, 0.05) is 22.7 Å². The first-order chi connectivity index (χ1) is 14.5. The molecule has 30 heavy (non-hydrogen) atoms. The molecule has 4 bridgehead atoms. The van der Waals surface area contributed by atoms with Gasteiger partial charge in [-0.2, -0.15) is 0 Å². The van der Waals surface area contributed by atoms with Gasteiger partial charge >= 0.3 is 0 Å². The highest BCUT2D eigenvalue weighted by Crippen LogP contribution is 2.56. The van der Waals surface area contributed by atoms with Crippen molar-refractivity contribution in [1.29, 1.82) is 0 Å². The summed E-state index contributed by atoms with van der Waals surface area (Å²) in [6.07, 6.45) is 8.35. The Morgan fingerprint density at radius 1 is 1.00 bits per heavy atom. The predicted molar refractivity (Wildman–Crippen MR) is 125 cm³/mol. The van der Waals surface area contributed by atoms with Crippen LogP contribution in [-0.4, -0.2) is 21.2 Å². The summed E-state index contributed by atoms with van der Waals surface area (Å²) < 4.78 is 6.70. The van der Waals surface area contributed by atoms with Gasteiger partial charge in [0.05, 0.1) is 4.91 Å². The second-order valence-corrected chi connectivity index (χ2v) is 11.3. The standard InChI is InChI=1S/C24H22ClNO2S2/c25-18-3-1-15(2-4-18)20-6-5-19(28-20)12-21-23(27)26(24(29)30-21)22-16-8-13-7-14(10-16)11-17(22)9-13/h1-6,12-14,16-17,22H,7-11H2. The van der Waals surface area contributed by atoms with Crippen molar-refractivity contribution in [3.63, 3.8) is 0 Å². The van der Waals surface area contributed by atoms with Crippen LogP contribution in [-0.2, 0) is 4.79 Å². The molecule has 4 aliphatic carbocycles. The number of thioether (sulfide) groups is 1. The van der Waals surface area contributed by atoms with E-state index in [1.807, 2.05) is 47.4 Å². The van der Waals surface area contributed by atoms with E-state index in [0.717, 1.165) is 23.2 Å². The SMILES string of the molecule is O=C1C(=Cc2ccc(-c3ccc(Cl)cc3)o2)SC(=S)N1C1C2CC3CC(C2)CC1C3. The van der Waals surface area contributed by atoms with Crippen molar-refractivity contribution >= 4 is 51.9 Å². The molecule has 6 heteroatoms. The fraction of sp³-hybridized carbons (Fsp3) is 0.417. The third-order valence-corrected chi connectivity index (χ3v) is 8.91. The van der Waals surface area contributed by atoms with Gasteiger partial charge in [0.15, 0.2) is 0 Å². The van der Waals surface area contributed by atoms with Crippen molar-refractivity contribution in [2.75, 3.05) is 0 Å². The van der Waals surface area contributed by atoms with E-state index in [-0.39, 0.29) is 5.91 Å². The molecule has 5 aliphatic rings. The molecule has 1 aliphatic heterocycles. The van der Waals surface area contributed by atoms with Crippen LogP contribution in [0.15, 0.2) is 45.7 Å². The van der Waals surface area contributed by atoms with Crippen LogP contribution >= 0.6 is 35.6 Å². The third-order valence-electron chi connectivity index (χ3n) is 7.33. The Morgan fingerprint density at radius 2 is 1.67 bits per heavy atom. The lowest BCUT2D eigenvalue weighted by atomic mass is 9.54. The second-order valence-electron chi connectivity index (χ2n) is 9.18. The number of furan rings is 1. The number of carbonyl (C=O) groups excluding carboxylic acids is 1. The number of amides is 1. The van der Waals surface area contributed by atoms with Crippen LogP contribution in [0.3, 0.4) is 0 Å². The summed E-state index contributed by atoms with van der Waals surface area (Å²) in [6, 6.07) is 11.7. The summed E-state index contributed by atoms with van der Waals surface area (Å²) in [5, 5.41) is 0.694. The van der Waals surface area contributed by atoms with Gasteiger partial charge in [0.25, 0.3) is 5.91 Å². The van der Waals surface area contributed by atoms with Gasteiger partial charge in [-0.3, -0.25) is 9.69 Å². The van der Waals surface area contributed by atoms with Crippen molar-refractivity contribution in [3.8, 4) is 11.3 Å². The molecule has 5 fully saturated rings. The molecule has 0 atom stereocenters. The van der Waals surface area contributed by atoms with Crippen molar-refractivity contribution in [2.24, 2.45) is 23.7 Å². The lowest BCUT2D eigenvalue weighted by Crippen LogP contribution is -2.57. The van der Waals surface area contributed by atoms with Crippen molar-refractivity contribution in [2.45, 2.75) is 38.1 Å². The first-order valence-electron chi connectivity index (χ1n) is 10.7. The normalized spacial score (nSPS) is 33.8. The van der Waals surface area contributed by atoms with Gasteiger partial charge in [-0.15, -0.1) is 0 Å². The van der Waals surface area contributed by atoms with Gasteiger partial charge in [-0.05, 0) is 92.2 Å². The van der Waals surface area contributed by atoms with Gasteiger partial charge < -0.3 is 4.42 Å². The lowest BCUT2D eigenvalue weighted by molar-refractivity contribution is -0.130. The molecule has 0 N–H and O–H groups in total. The molecule has 1 amide bonds. The molecule has 1 aromatic heterocycles. The van der Waals surface area contributed by atoms with Crippen LogP contribution in [0.25, 0.3) is 17.4 Å². The Kier molecular flexibility index (Phi) is 4.63. The number of nitrogens with zero attached hydrogens (tertiary/aromatic N) is 1. The summed E-state index contributed by atoms with van der Waals surface area (Å²) in [5.41, 5.74) is 0.959. The van der Waals surface area contributed by atoms with Gasteiger partial charge in [-0.1, -0.05) is 35.6 Å². The Bertz CT molecular complexity index is 1030. The number of thiocarbonyl (C=S) groups is 1. The first-order valence-corrected chi connectivity index (χ1v) is 12.3. The minimum atomic E-state index is 0.0620. The van der Waals surface area contributed by atoms with Gasteiger partial charge in [0.2, 0.25) is 0 Å². The number of hydrogen-bond acceptors (Lipinski definition) is 4. The number of hydrogen-bond donors (Lipinski definition) is 0. The van der Waals surface area contributed by atoms with Gasteiger partial charge in [-0.25, -0.2) is 0 Å². The largest absolute Gasteiger partial charge is 0.457 e. The molecule has 2 aromatic rings. The molecule has 1 saturated heterocycles. The molecule has 3 nitrogen and oxygen atoms in total. The highest BCUT2D eigenvalue weighted by molar-refractivity contribution is 8.26. The monoisotopic (exact) mass is 455 g/mol. The summed E-state index contributed by atoms with van der Waals surface area (Å²) in [7, 11) is 0. The van der Waals surface area contributed by atoms with E-state index >= 15 is 0 Å². The summed E-state index contributed by atoms with van der Waals surface area (Å²) in [4.78, 5) is 16.0. The molecule has 0 spiro atoms. The Hall–Kier alpha value is -1.56. The molecular formula is C24H22ClNO2S2. The fourth-order valence-electron chi connectivity index (χ4n) is 6.38. The van der Waals surface area contributed by atoms with Crippen molar-refractivity contribution in [3.05, 3.63) is 52.1 Å². The average molecular weight is 456 g/mol. The molecule has 7 rings (SSSR count). The zero-order valence-electron chi connectivity index (χ0n) is 16.4. The summed E-state index contributed by atoms with van der Waals surface area (Å²) in [5.74, 6) is 4.51.